The van der Waals surface area contributed by atoms with Crippen LogP contribution < -0.4 is 4.74 Å². The molecule has 1 atom stereocenters. The Hall–Kier alpha value is -1.31. The van der Waals surface area contributed by atoms with E-state index in [1.165, 1.54) is 5.56 Å². The second kappa shape index (κ2) is 6.31. The molecular formula is C14H21NO. The molecule has 2 heteroatoms. The SMILES string of the molecule is COc1ccc(CN=CC(C)C(C)C)cc1. The summed E-state index contributed by atoms with van der Waals surface area (Å²) in [6.45, 7) is 7.37. The summed E-state index contributed by atoms with van der Waals surface area (Å²) in [5.74, 6) is 2.08. The maximum Gasteiger partial charge on any atom is 0.118 e. The van der Waals surface area contributed by atoms with Gasteiger partial charge in [-0.15, -0.1) is 0 Å². The van der Waals surface area contributed by atoms with Crippen molar-refractivity contribution in [2.45, 2.75) is 27.3 Å². The average Bonchev–Trinajstić information content (AvgIpc) is 2.29. The van der Waals surface area contributed by atoms with Crippen molar-refractivity contribution in [2.24, 2.45) is 16.8 Å². The van der Waals surface area contributed by atoms with E-state index in [9.17, 15) is 0 Å². The van der Waals surface area contributed by atoms with E-state index in [4.69, 9.17) is 4.74 Å². The fourth-order valence-electron chi connectivity index (χ4n) is 1.23. The van der Waals surface area contributed by atoms with Gasteiger partial charge < -0.3 is 4.74 Å². The first kappa shape index (κ1) is 12.8. The summed E-state index contributed by atoms with van der Waals surface area (Å²) in [4.78, 5) is 4.45. The molecule has 0 saturated carbocycles. The van der Waals surface area contributed by atoms with E-state index in [1.807, 2.05) is 12.1 Å². The Bertz CT molecular complexity index is 327. The lowest BCUT2D eigenvalue weighted by Crippen LogP contribution is -2.04. The number of hydrogen-bond donors (Lipinski definition) is 0. The van der Waals surface area contributed by atoms with Gasteiger partial charge in [-0.25, -0.2) is 0 Å². The third-order valence-electron chi connectivity index (χ3n) is 2.83. The minimum absolute atomic E-state index is 0.540. The fraction of sp³-hybridized carbons (Fsp3) is 0.500. The smallest absolute Gasteiger partial charge is 0.118 e. The summed E-state index contributed by atoms with van der Waals surface area (Å²) >= 11 is 0. The number of methoxy groups -OCH3 is 1. The van der Waals surface area contributed by atoms with Gasteiger partial charge in [0.2, 0.25) is 0 Å². The molecule has 0 aliphatic heterocycles. The van der Waals surface area contributed by atoms with E-state index in [0.717, 1.165) is 12.3 Å². The van der Waals surface area contributed by atoms with Crippen molar-refractivity contribution >= 4 is 6.21 Å². The first-order valence-corrected chi connectivity index (χ1v) is 5.76. The Morgan fingerprint density at radius 1 is 1.19 bits per heavy atom. The van der Waals surface area contributed by atoms with Gasteiger partial charge in [-0.3, -0.25) is 4.99 Å². The first-order chi connectivity index (χ1) is 7.63. The van der Waals surface area contributed by atoms with Crippen LogP contribution in [0.25, 0.3) is 0 Å². The normalized spacial score (nSPS) is 13.3. The summed E-state index contributed by atoms with van der Waals surface area (Å²) in [6, 6.07) is 8.04. The molecule has 0 heterocycles. The Labute approximate surface area is 98.4 Å². The van der Waals surface area contributed by atoms with Crippen molar-refractivity contribution in [1.82, 2.24) is 0 Å². The molecule has 2 nitrogen and oxygen atoms in total. The number of hydrogen-bond acceptors (Lipinski definition) is 2. The molecular weight excluding hydrogens is 198 g/mol. The van der Waals surface area contributed by atoms with E-state index >= 15 is 0 Å². The van der Waals surface area contributed by atoms with Crippen molar-refractivity contribution in [3.05, 3.63) is 29.8 Å². The summed E-state index contributed by atoms with van der Waals surface area (Å²) < 4.78 is 5.10. The zero-order chi connectivity index (χ0) is 12.0. The Morgan fingerprint density at radius 3 is 2.31 bits per heavy atom. The number of aliphatic imine (C=N–C) groups is 1. The maximum absolute atomic E-state index is 5.10. The molecule has 1 aromatic rings. The third kappa shape index (κ3) is 4.05. The van der Waals surface area contributed by atoms with Crippen LogP contribution in [0.1, 0.15) is 26.3 Å². The lowest BCUT2D eigenvalue weighted by molar-refractivity contribution is 0.414. The molecule has 0 bridgehead atoms. The van der Waals surface area contributed by atoms with Crippen LogP contribution in [0.4, 0.5) is 0 Å². The third-order valence-corrected chi connectivity index (χ3v) is 2.83. The van der Waals surface area contributed by atoms with E-state index in [2.05, 4.69) is 44.1 Å². The summed E-state index contributed by atoms with van der Waals surface area (Å²) in [5, 5.41) is 0. The van der Waals surface area contributed by atoms with Crippen LogP contribution in [0, 0.1) is 11.8 Å². The van der Waals surface area contributed by atoms with E-state index in [0.29, 0.717) is 11.8 Å². The monoisotopic (exact) mass is 219 g/mol. The van der Waals surface area contributed by atoms with Crippen LogP contribution in [0.5, 0.6) is 5.75 Å². The number of rotatable bonds is 5. The van der Waals surface area contributed by atoms with Crippen molar-refractivity contribution in [3.63, 3.8) is 0 Å². The predicted molar refractivity (Wildman–Crippen MR) is 69.2 cm³/mol. The van der Waals surface area contributed by atoms with Gasteiger partial charge >= 0.3 is 0 Å². The van der Waals surface area contributed by atoms with E-state index < -0.39 is 0 Å². The minimum atomic E-state index is 0.540. The summed E-state index contributed by atoms with van der Waals surface area (Å²) in [6.07, 6.45) is 2.05. The molecule has 0 radical (unpaired) electrons. The van der Waals surface area contributed by atoms with Gasteiger partial charge in [-0.2, -0.15) is 0 Å². The summed E-state index contributed by atoms with van der Waals surface area (Å²) in [5.41, 5.74) is 1.22. The number of benzene rings is 1. The highest BCUT2D eigenvalue weighted by molar-refractivity contribution is 5.60. The molecule has 0 aliphatic carbocycles. The van der Waals surface area contributed by atoms with Crippen LogP contribution in [0.3, 0.4) is 0 Å². The second-order valence-electron chi connectivity index (χ2n) is 4.44. The van der Waals surface area contributed by atoms with Gasteiger partial charge in [0.05, 0.1) is 13.7 Å². The van der Waals surface area contributed by atoms with Gasteiger partial charge in [0.15, 0.2) is 0 Å². The topological polar surface area (TPSA) is 21.6 Å². The Balaban J connectivity index is 2.48. The molecule has 1 rings (SSSR count). The highest BCUT2D eigenvalue weighted by Crippen LogP contribution is 2.12. The lowest BCUT2D eigenvalue weighted by atomic mass is 10.00. The van der Waals surface area contributed by atoms with Crippen molar-refractivity contribution in [3.8, 4) is 5.75 Å². The second-order valence-corrected chi connectivity index (χ2v) is 4.44. The van der Waals surface area contributed by atoms with Gasteiger partial charge in [-0.05, 0) is 29.5 Å². The van der Waals surface area contributed by atoms with Crippen molar-refractivity contribution in [1.29, 1.82) is 0 Å². The van der Waals surface area contributed by atoms with Gasteiger partial charge in [0, 0.05) is 6.21 Å². The molecule has 1 aromatic carbocycles. The number of nitrogens with zero attached hydrogens (tertiary/aromatic N) is 1. The fourth-order valence-corrected chi connectivity index (χ4v) is 1.23. The molecule has 0 N–H and O–H groups in total. The van der Waals surface area contributed by atoms with Crippen LogP contribution in [0.2, 0.25) is 0 Å². The van der Waals surface area contributed by atoms with Crippen LogP contribution in [-0.2, 0) is 6.54 Å². The largest absolute Gasteiger partial charge is 0.497 e. The Morgan fingerprint density at radius 2 is 1.81 bits per heavy atom. The summed E-state index contributed by atoms with van der Waals surface area (Å²) in [7, 11) is 1.68. The number of ether oxygens (including phenoxy) is 1. The van der Waals surface area contributed by atoms with Crippen LogP contribution in [-0.4, -0.2) is 13.3 Å². The van der Waals surface area contributed by atoms with Gasteiger partial charge in [0.25, 0.3) is 0 Å². The molecule has 16 heavy (non-hydrogen) atoms. The standard InChI is InChI=1S/C14H21NO/c1-11(2)12(3)9-15-10-13-5-7-14(16-4)8-6-13/h5-9,11-12H,10H2,1-4H3. The first-order valence-electron chi connectivity index (χ1n) is 5.76. The average molecular weight is 219 g/mol. The van der Waals surface area contributed by atoms with Gasteiger partial charge in [0.1, 0.15) is 5.75 Å². The molecule has 0 amide bonds. The Kier molecular flexibility index (Phi) is 5.03. The molecule has 1 unspecified atom stereocenters. The molecule has 0 fully saturated rings. The van der Waals surface area contributed by atoms with E-state index in [-0.39, 0.29) is 0 Å². The molecule has 0 aliphatic rings. The van der Waals surface area contributed by atoms with Gasteiger partial charge in [-0.1, -0.05) is 32.9 Å². The molecule has 0 aromatic heterocycles. The predicted octanol–water partition coefficient (Wildman–Crippen LogP) is 3.56. The highest BCUT2D eigenvalue weighted by atomic mass is 16.5. The zero-order valence-corrected chi connectivity index (χ0v) is 10.6. The lowest BCUT2D eigenvalue weighted by Gasteiger charge is -2.08. The van der Waals surface area contributed by atoms with E-state index in [1.54, 1.807) is 7.11 Å². The van der Waals surface area contributed by atoms with Crippen LogP contribution >= 0.6 is 0 Å². The molecule has 0 spiro atoms. The van der Waals surface area contributed by atoms with Crippen molar-refractivity contribution in [2.75, 3.05) is 7.11 Å². The highest BCUT2D eigenvalue weighted by Gasteiger charge is 2.02. The zero-order valence-electron chi connectivity index (χ0n) is 10.6. The molecule has 0 saturated heterocycles. The van der Waals surface area contributed by atoms with Crippen molar-refractivity contribution < 1.29 is 4.74 Å². The quantitative estimate of drug-likeness (QED) is 0.694. The van der Waals surface area contributed by atoms with Crippen LogP contribution in [0.15, 0.2) is 29.3 Å². The molecule has 88 valence electrons. The maximum atomic E-state index is 5.10. The minimum Gasteiger partial charge on any atom is -0.497 e.